The van der Waals surface area contributed by atoms with Crippen LogP contribution in [0.1, 0.15) is 45.5 Å². The third kappa shape index (κ3) is 4.10. The van der Waals surface area contributed by atoms with Crippen LogP contribution in [0.25, 0.3) is 0 Å². The Kier molecular flexibility index (Phi) is 5.86. The molecule has 2 aromatic carbocycles. The third-order valence-corrected chi connectivity index (χ3v) is 6.54. The molecule has 4 rings (SSSR count). The quantitative estimate of drug-likeness (QED) is 0.816. The fourth-order valence-electron chi connectivity index (χ4n) is 5.10. The number of carboxylic acid groups (broad SMARTS) is 1. The number of aryl methyl sites for hydroxylation is 3. The molecule has 1 spiro atoms. The zero-order valence-electron chi connectivity index (χ0n) is 18.4. The highest BCUT2D eigenvalue weighted by Gasteiger charge is 2.54. The van der Waals surface area contributed by atoms with Crippen LogP contribution in [0.4, 0.5) is 0 Å². The van der Waals surface area contributed by atoms with Crippen molar-refractivity contribution in [3.05, 3.63) is 70.3 Å². The fraction of sp³-hybridized carbons (Fsp3) is 0.440. The Morgan fingerprint density at radius 3 is 2.26 bits per heavy atom. The maximum absolute atomic E-state index is 13.7. The number of hydrogen-bond acceptors (Lipinski definition) is 4. The molecule has 0 bridgehead atoms. The summed E-state index contributed by atoms with van der Waals surface area (Å²) in [5, 5.41) is 9.84. The van der Waals surface area contributed by atoms with Crippen molar-refractivity contribution in [3.8, 4) is 0 Å². The normalized spacial score (nSPS) is 20.9. The van der Waals surface area contributed by atoms with Crippen LogP contribution in [0, 0.1) is 20.8 Å². The van der Waals surface area contributed by atoms with Crippen molar-refractivity contribution in [2.24, 2.45) is 0 Å². The molecule has 0 aliphatic carbocycles. The van der Waals surface area contributed by atoms with Gasteiger partial charge in [-0.25, -0.2) is 4.79 Å². The van der Waals surface area contributed by atoms with Crippen LogP contribution in [0.2, 0.25) is 0 Å². The van der Waals surface area contributed by atoms with Gasteiger partial charge in [-0.15, -0.1) is 0 Å². The monoisotopic (exact) mass is 422 g/mol. The number of ether oxygens (including phenoxy) is 1. The minimum Gasteiger partial charge on any atom is -0.480 e. The summed E-state index contributed by atoms with van der Waals surface area (Å²) < 4.78 is 6.11. The van der Waals surface area contributed by atoms with E-state index in [0.29, 0.717) is 18.4 Å². The van der Waals surface area contributed by atoms with Crippen LogP contribution < -0.4 is 0 Å². The van der Waals surface area contributed by atoms with Crippen LogP contribution >= 0.6 is 0 Å². The second-order valence-electron chi connectivity index (χ2n) is 8.82. The summed E-state index contributed by atoms with van der Waals surface area (Å²) in [7, 11) is 0. The number of likely N-dealkylation sites (tertiary alicyclic amines) is 1. The summed E-state index contributed by atoms with van der Waals surface area (Å²) in [6, 6.07) is 13.3. The van der Waals surface area contributed by atoms with Crippen LogP contribution in [0.15, 0.2) is 42.5 Å². The van der Waals surface area contributed by atoms with Gasteiger partial charge in [0.2, 0.25) is 0 Å². The number of carbonyl (C=O) groups is 2. The molecule has 164 valence electrons. The van der Waals surface area contributed by atoms with Gasteiger partial charge in [0.1, 0.15) is 5.72 Å². The van der Waals surface area contributed by atoms with Crippen LogP contribution in [-0.2, 0) is 16.1 Å². The molecule has 0 radical (unpaired) electrons. The molecule has 1 atom stereocenters. The molecular formula is C25H30N2O4. The number of carboxylic acids is 1. The number of piperidine rings is 1. The molecule has 6 heteroatoms. The van der Waals surface area contributed by atoms with E-state index in [1.165, 1.54) is 10.5 Å². The van der Waals surface area contributed by atoms with E-state index in [9.17, 15) is 14.7 Å². The maximum atomic E-state index is 13.7. The number of aliphatic carboxylic acids is 1. The molecule has 2 aliphatic rings. The largest absolute Gasteiger partial charge is 0.480 e. The number of carbonyl (C=O) groups excluding carboxylic acids is 1. The van der Waals surface area contributed by atoms with Crippen molar-refractivity contribution in [2.45, 2.75) is 51.9 Å². The van der Waals surface area contributed by atoms with Gasteiger partial charge < -0.3 is 9.84 Å². The highest BCUT2D eigenvalue weighted by Crippen LogP contribution is 2.39. The van der Waals surface area contributed by atoms with E-state index in [1.54, 1.807) is 0 Å². The average molecular weight is 423 g/mol. The molecule has 0 saturated carbocycles. The molecular weight excluding hydrogens is 392 g/mol. The van der Waals surface area contributed by atoms with Gasteiger partial charge in [0.05, 0.1) is 6.61 Å². The summed E-state index contributed by atoms with van der Waals surface area (Å²) in [6.45, 7) is 8.18. The van der Waals surface area contributed by atoms with E-state index in [2.05, 4.69) is 17.0 Å². The van der Waals surface area contributed by atoms with Gasteiger partial charge in [-0.1, -0.05) is 48.0 Å². The van der Waals surface area contributed by atoms with Crippen LogP contribution in [-0.4, -0.2) is 58.2 Å². The van der Waals surface area contributed by atoms with E-state index in [0.717, 1.165) is 36.3 Å². The highest BCUT2D eigenvalue weighted by molar-refractivity contribution is 6.00. The first-order valence-corrected chi connectivity index (χ1v) is 10.9. The molecule has 2 fully saturated rings. The SMILES string of the molecule is Cc1cc(C)c(C(=O)N2[C@@H](C(=O)O)COC23CCN(Cc2ccccc2)CC3)c(C)c1. The molecule has 2 aliphatic heterocycles. The summed E-state index contributed by atoms with van der Waals surface area (Å²) in [4.78, 5) is 29.6. The van der Waals surface area contributed by atoms with Gasteiger partial charge >= 0.3 is 5.97 Å². The molecule has 2 aromatic rings. The first kappa shape index (κ1) is 21.5. The molecule has 1 N–H and O–H groups in total. The number of amides is 1. The van der Waals surface area contributed by atoms with Gasteiger partial charge in [-0.05, 0) is 37.5 Å². The van der Waals surface area contributed by atoms with Crippen molar-refractivity contribution in [3.63, 3.8) is 0 Å². The smallest absolute Gasteiger partial charge is 0.328 e. The Hall–Kier alpha value is -2.70. The van der Waals surface area contributed by atoms with Crippen molar-refractivity contribution in [1.29, 1.82) is 0 Å². The maximum Gasteiger partial charge on any atom is 0.328 e. The predicted octanol–water partition coefficient (Wildman–Crippen LogP) is 3.53. The minimum atomic E-state index is -1.01. The van der Waals surface area contributed by atoms with Crippen LogP contribution in [0.5, 0.6) is 0 Å². The van der Waals surface area contributed by atoms with E-state index in [4.69, 9.17) is 4.74 Å². The summed E-state index contributed by atoms with van der Waals surface area (Å²) in [6.07, 6.45) is 1.19. The van der Waals surface area contributed by atoms with E-state index in [1.807, 2.05) is 51.1 Å². The number of rotatable bonds is 4. The number of benzene rings is 2. The second kappa shape index (κ2) is 8.44. The molecule has 0 aromatic heterocycles. The summed E-state index contributed by atoms with van der Waals surface area (Å²) >= 11 is 0. The van der Waals surface area contributed by atoms with Crippen molar-refractivity contribution >= 4 is 11.9 Å². The fourth-order valence-corrected chi connectivity index (χ4v) is 5.10. The van der Waals surface area contributed by atoms with Crippen molar-refractivity contribution in [1.82, 2.24) is 9.80 Å². The lowest BCUT2D eigenvalue weighted by Crippen LogP contribution is -2.58. The Bertz CT molecular complexity index is 957. The van der Waals surface area contributed by atoms with Gasteiger partial charge in [0.15, 0.2) is 6.04 Å². The first-order valence-electron chi connectivity index (χ1n) is 10.9. The minimum absolute atomic E-state index is 0.0315. The molecule has 0 unspecified atom stereocenters. The Morgan fingerprint density at radius 2 is 1.68 bits per heavy atom. The van der Waals surface area contributed by atoms with Gasteiger partial charge in [-0.3, -0.25) is 14.6 Å². The van der Waals surface area contributed by atoms with Crippen molar-refractivity contribution < 1.29 is 19.4 Å². The predicted molar refractivity (Wildman–Crippen MR) is 118 cm³/mol. The topological polar surface area (TPSA) is 70.1 Å². The Balaban J connectivity index is 1.59. The van der Waals surface area contributed by atoms with Crippen LogP contribution in [0.3, 0.4) is 0 Å². The second-order valence-corrected chi connectivity index (χ2v) is 8.82. The van der Waals surface area contributed by atoms with E-state index in [-0.39, 0.29) is 12.5 Å². The lowest BCUT2D eigenvalue weighted by Gasteiger charge is -2.44. The highest BCUT2D eigenvalue weighted by atomic mass is 16.5. The Morgan fingerprint density at radius 1 is 1.06 bits per heavy atom. The summed E-state index contributed by atoms with van der Waals surface area (Å²) in [5.74, 6) is -1.25. The number of hydrogen-bond donors (Lipinski definition) is 1. The van der Waals surface area contributed by atoms with Gasteiger partial charge in [-0.2, -0.15) is 0 Å². The zero-order chi connectivity index (χ0) is 22.2. The van der Waals surface area contributed by atoms with E-state index >= 15 is 0 Å². The zero-order valence-corrected chi connectivity index (χ0v) is 18.4. The molecule has 1 amide bonds. The summed E-state index contributed by atoms with van der Waals surface area (Å²) in [5.41, 5.74) is 3.80. The van der Waals surface area contributed by atoms with Crippen molar-refractivity contribution in [2.75, 3.05) is 19.7 Å². The average Bonchev–Trinajstić information content (AvgIpc) is 3.09. The standard InChI is InChI=1S/C25H30N2O4/c1-17-13-18(2)22(19(3)14-17)23(28)27-21(24(29)30)16-31-25(27)9-11-26(12-10-25)15-20-7-5-4-6-8-20/h4-8,13-14,21H,9-12,15-16H2,1-3H3,(H,29,30)/t21-/m1/s1. The lowest BCUT2D eigenvalue weighted by molar-refractivity contribution is -0.144. The molecule has 6 nitrogen and oxygen atoms in total. The van der Waals surface area contributed by atoms with E-state index < -0.39 is 17.7 Å². The van der Waals surface area contributed by atoms with Gasteiger partial charge in [0, 0.05) is 38.0 Å². The molecule has 2 heterocycles. The van der Waals surface area contributed by atoms with Gasteiger partial charge in [0.25, 0.3) is 5.91 Å². The first-order chi connectivity index (χ1) is 14.8. The third-order valence-electron chi connectivity index (χ3n) is 6.54. The molecule has 2 saturated heterocycles. The lowest BCUT2D eigenvalue weighted by atomic mass is 9.93. The number of nitrogens with zero attached hydrogens (tertiary/aromatic N) is 2. The molecule has 31 heavy (non-hydrogen) atoms. The Labute approximate surface area is 183 Å².